The Morgan fingerprint density at radius 3 is 2.50 bits per heavy atom. The van der Waals surface area contributed by atoms with Crippen LogP contribution in [0.1, 0.15) is 40.0 Å². The molecule has 8 heteroatoms. The van der Waals surface area contributed by atoms with E-state index in [9.17, 15) is 18.8 Å². The Kier molecular flexibility index (Phi) is 5.38. The number of aromatic amines is 1. The van der Waals surface area contributed by atoms with Crippen LogP contribution in [-0.2, 0) is 11.2 Å². The Morgan fingerprint density at radius 2 is 1.82 bits per heavy atom. The van der Waals surface area contributed by atoms with E-state index in [1.54, 1.807) is 23.1 Å². The minimum atomic E-state index is -1.23. The number of H-pyrrole nitrogens is 1. The number of para-hydroxylation sites is 1. The van der Waals surface area contributed by atoms with Crippen molar-refractivity contribution < 1.29 is 18.8 Å². The van der Waals surface area contributed by atoms with Gasteiger partial charge >= 0.3 is 6.03 Å². The Bertz CT molecular complexity index is 1310. The maximum absolute atomic E-state index is 14.4. The number of nitrogens with one attached hydrogen (secondary N) is 3. The summed E-state index contributed by atoms with van der Waals surface area (Å²) in [5.41, 5.74) is 2.77. The zero-order valence-corrected chi connectivity index (χ0v) is 19.2. The minimum Gasteiger partial charge on any atom is -0.358 e. The van der Waals surface area contributed by atoms with Crippen LogP contribution in [0.25, 0.3) is 10.9 Å². The first kappa shape index (κ1) is 22.1. The summed E-state index contributed by atoms with van der Waals surface area (Å²) in [6, 6.07) is 11.5. The molecule has 1 aromatic heterocycles. The number of carbonyl (C=O) groups excluding carboxylic acids is 3. The van der Waals surface area contributed by atoms with E-state index >= 15 is 0 Å². The van der Waals surface area contributed by atoms with Gasteiger partial charge in [-0.1, -0.05) is 30.3 Å². The number of amides is 4. The summed E-state index contributed by atoms with van der Waals surface area (Å²) in [5.74, 6) is -1.14. The summed E-state index contributed by atoms with van der Waals surface area (Å²) in [5, 5.41) is 6.17. The fraction of sp³-hybridized carbons (Fsp3) is 0.346. The molecule has 3 aromatic rings. The summed E-state index contributed by atoms with van der Waals surface area (Å²) in [6.07, 6.45) is 1.11. The van der Waals surface area contributed by atoms with E-state index in [1.165, 1.54) is 6.07 Å². The second kappa shape index (κ2) is 8.27. The Balaban J connectivity index is 1.38. The molecule has 4 amide bonds. The predicted octanol–water partition coefficient (Wildman–Crippen LogP) is 3.60. The van der Waals surface area contributed by atoms with Gasteiger partial charge in [0.15, 0.2) is 0 Å². The maximum Gasteiger partial charge on any atom is 0.322 e. The van der Waals surface area contributed by atoms with Gasteiger partial charge in [-0.2, -0.15) is 0 Å². The summed E-state index contributed by atoms with van der Waals surface area (Å²) in [7, 11) is 0. The van der Waals surface area contributed by atoms with Gasteiger partial charge in [-0.3, -0.25) is 14.9 Å². The molecule has 2 saturated heterocycles. The van der Waals surface area contributed by atoms with Gasteiger partial charge in [-0.05, 0) is 55.9 Å². The Hall–Kier alpha value is -3.68. The summed E-state index contributed by atoms with van der Waals surface area (Å²) in [4.78, 5) is 43.6. The van der Waals surface area contributed by atoms with Crippen molar-refractivity contribution in [2.45, 2.75) is 38.6 Å². The lowest BCUT2D eigenvalue weighted by atomic mass is 9.74. The lowest BCUT2D eigenvalue weighted by Gasteiger charge is -2.40. The van der Waals surface area contributed by atoms with Crippen LogP contribution < -0.4 is 10.6 Å². The largest absolute Gasteiger partial charge is 0.358 e. The van der Waals surface area contributed by atoms with Crippen LogP contribution in [0, 0.1) is 25.6 Å². The Labute approximate surface area is 196 Å². The zero-order chi connectivity index (χ0) is 24.0. The number of nitrogens with zero attached hydrogens (tertiary/aromatic N) is 1. The van der Waals surface area contributed by atoms with Gasteiger partial charge in [0.2, 0.25) is 0 Å². The second-order valence-corrected chi connectivity index (χ2v) is 9.32. The van der Waals surface area contributed by atoms with Crippen molar-refractivity contribution in [2.24, 2.45) is 5.92 Å². The summed E-state index contributed by atoms with van der Waals surface area (Å²) in [6.45, 7) is 4.91. The number of hydrogen-bond donors (Lipinski definition) is 3. The van der Waals surface area contributed by atoms with Crippen molar-refractivity contribution >= 4 is 28.7 Å². The molecule has 3 N–H and O–H groups in total. The fourth-order valence-corrected chi connectivity index (χ4v) is 5.41. The molecule has 2 aliphatic rings. The van der Waals surface area contributed by atoms with Crippen LogP contribution in [-0.4, -0.2) is 46.4 Å². The molecule has 2 aliphatic heterocycles. The van der Waals surface area contributed by atoms with Crippen LogP contribution >= 0.6 is 0 Å². The molecule has 0 radical (unpaired) electrons. The highest BCUT2D eigenvalue weighted by atomic mass is 19.1. The normalized spacial score (nSPS) is 21.1. The van der Waals surface area contributed by atoms with Crippen molar-refractivity contribution in [3.8, 4) is 0 Å². The lowest BCUT2D eigenvalue weighted by molar-refractivity contribution is -0.126. The average Bonchev–Trinajstić information content (AvgIpc) is 3.29. The van der Waals surface area contributed by atoms with Crippen LogP contribution in [0.3, 0.4) is 0 Å². The second-order valence-electron chi connectivity index (χ2n) is 9.32. The van der Waals surface area contributed by atoms with Gasteiger partial charge in [0.1, 0.15) is 11.4 Å². The molecule has 5 rings (SSSR count). The lowest BCUT2D eigenvalue weighted by Crippen LogP contribution is -2.58. The third-order valence-electron chi connectivity index (χ3n) is 7.45. The van der Waals surface area contributed by atoms with E-state index in [2.05, 4.69) is 15.6 Å². The number of carbonyl (C=O) groups is 3. The molecular formula is C26H27FN4O3. The maximum atomic E-state index is 14.4. The molecule has 1 unspecified atom stereocenters. The number of fused-ring (bicyclic) bond motifs is 1. The molecular weight excluding hydrogens is 435 g/mol. The highest BCUT2D eigenvalue weighted by molar-refractivity contribution is 6.08. The minimum absolute atomic E-state index is 0.0617. The van der Waals surface area contributed by atoms with Crippen LogP contribution in [0.5, 0.6) is 0 Å². The third-order valence-corrected chi connectivity index (χ3v) is 7.45. The van der Waals surface area contributed by atoms with Gasteiger partial charge in [-0.15, -0.1) is 0 Å². The number of hydrogen-bond acceptors (Lipinski definition) is 3. The van der Waals surface area contributed by atoms with Crippen LogP contribution in [0.4, 0.5) is 9.18 Å². The van der Waals surface area contributed by atoms with Crippen LogP contribution in [0.2, 0.25) is 0 Å². The van der Waals surface area contributed by atoms with Crippen molar-refractivity contribution in [1.82, 2.24) is 20.5 Å². The molecule has 0 bridgehead atoms. The molecule has 176 valence electrons. The van der Waals surface area contributed by atoms with E-state index < -0.39 is 23.3 Å². The number of aryl methyl sites for hydroxylation is 2. The molecule has 7 nitrogen and oxygen atoms in total. The first-order chi connectivity index (χ1) is 16.3. The summed E-state index contributed by atoms with van der Waals surface area (Å²) >= 11 is 0. The van der Waals surface area contributed by atoms with Crippen molar-refractivity contribution in [3.63, 3.8) is 0 Å². The predicted molar refractivity (Wildman–Crippen MR) is 126 cm³/mol. The number of urea groups is 1. The van der Waals surface area contributed by atoms with Crippen molar-refractivity contribution in [1.29, 1.82) is 0 Å². The van der Waals surface area contributed by atoms with Crippen molar-refractivity contribution in [3.05, 3.63) is 70.7 Å². The molecule has 3 heterocycles. The number of benzene rings is 2. The van der Waals surface area contributed by atoms with Gasteiger partial charge in [0.25, 0.3) is 11.8 Å². The first-order valence-corrected chi connectivity index (χ1v) is 11.5. The topological polar surface area (TPSA) is 94.3 Å². The number of aromatic nitrogens is 1. The fourth-order valence-electron chi connectivity index (χ4n) is 5.41. The standard InChI is InChI=1S/C26H27FN4O3/c1-15-16(2)28-22-19(15)7-5-8-20(22)23(32)31-12-10-18(11-13-31)26(24(33)29-25(34)30-26)14-17-6-3-4-9-21(17)27/h3-9,18,28H,10-14H2,1-2H3,(H2,29,30,33,34). The van der Waals surface area contributed by atoms with Gasteiger partial charge < -0.3 is 15.2 Å². The molecule has 2 aromatic carbocycles. The molecule has 34 heavy (non-hydrogen) atoms. The summed E-state index contributed by atoms with van der Waals surface area (Å²) < 4.78 is 14.4. The molecule has 2 fully saturated rings. The third kappa shape index (κ3) is 3.54. The number of halogens is 1. The van der Waals surface area contributed by atoms with E-state index in [0.29, 0.717) is 37.1 Å². The number of rotatable bonds is 4. The Morgan fingerprint density at radius 1 is 1.09 bits per heavy atom. The SMILES string of the molecule is Cc1[nH]c2c(C(=O)N3CCC(C4(Cc5ccccc5F)NC(=O)NC4=O)CC3)cccc2c1C. The van der Waals surface area contributed by atoms with E-state index in [4.69, 9.17) is 0 Å². The molecule has 1 atom stereocenters. The zero-order valence-electron chi connectivity index (χ0n) is 19.2. The van der Waals surface area contributed by atoms with Gasteiger partial charge in [0.05, 0.1) is 11.1 Å². The molecule has 0 saturated carbocycles. The molecule has 0 spiro atoms. The smallest absolute Gasteiger partial charge is 0.322 e. The van der Waals surface area contributed by atoms with Gasteiger partial charge in [-0.25, -0.2) is 9.18 Å². The molecule has 0 aliphatic carbocycles. The van der Waals surface area contributed by atoms with E-state index in [-0.39, 0.29) is 18.2 Å². The number of likely N-dealkylation sites (tertiary alicyclic amines) is 1. The van der Waals surface area contributed by atoms with E-state index in [0.717, 1.165) is 22.2 Å². The highest BCUT2D eigenvalue weighted by Gasteiger charge is 2.52. The monoisotopic (exact) mass is 462 g/mol. The quantitative estimate of drug-likeness (QED) is 0.517. The van der Waals surface area contributed by atoms with Crippen molar-refractivity contribution in [2.75, 3.05) is 13.1 Å². The van der Waals surface area contributed by atoms with E-state index in [1.807, 2.05) is 32.0 Å². The first-order valence-electron chi connectivity index (χ1n) is 11.5. The number of imide groups is 1. The highest BCUT2D eigenvalue weighted by Crippen LogP contribution is 2.35. The number of piperidine rings is 1. The van der Waals surface area contributed by atoms with Crippen LogP contribution in [0.15, 0.2) is 42.5 Å². The average molecular weight is 463 g/mol. The van der Waals surface area contributed by atoms with Gasteiger partial charge in [0, 0.05) is 30.6 Å².